The van der Waals surface area contributed by atoms with Crippen molar-refractivity contribution in [3.05, 3.63) is 12.3 Å². The number of hydrazone groups is 1. The minimum atomic E-state index is 0.679. The zero-order valence-corrected chi connectivity index (χ0v) is 6.03. The molecule has 0 aromatic heterocycles. The summed E-state index contributed by atoms with van der Waals surface area (Å²) in [5, 5.41) is 6.33. The number of hydrogen-bond acceptors (Lipinski definition) is 2. The summed E-state index contributed by atoms with van der Waals surface area (Å²) in [7, 11) is 0. The zero-order chi connectivity index (χ0) is 6.81. The van der Waals surface area contributed by atoms with Crippen molar-refractivity contribution in [3.63, 3.8) is 0 Å². The topological polar surface area (TPSA) is 15.6 Å². The Morgan fingerprint density at radius 3 is 3.50 bits per heavy atom. The number of hydrogen-bond donors (Lipinski definition) is 0. The van der Waals surface area contributed by atoms with Gasteiger partial charge in [0.1, 0.15) is 0 Å². The fourth-order valence-electron chi connectivity index (χ4n) is 1.53. The van der Waals surface area contributed by atoms with Gasteiger partial charge in [-0.2, -0.15) is 5.10 Å². The Hall–Kier alpha value is -0.790. The minimum Gasteiger partial charge on any atom is -0.270 e. The average molecular weight is 136 g/mol. The first-order chi connectivity index (χ1) is 4.97. The molecule has 2 nitrogen and oxygen atoms in total. The van der Waals surface area contributed by atoms with Crippen molar-refractivity contribution in [1.82, 2.24) is 5.01 Å². The second kappa shape index (κ2) is 2.45. The van der Waals surface area contributed by atoms with Crippen molar-refractivity contribution in [2.75, 3.05) is 0 Å². The fourth-order valence-corrected chi connectivity index (χ4v) is 1.53. The van der Waals surface area contributed by atoms with Crippen LogP contribution in [-0.2, 0) is 0 Å². The zero-order valence-electron chi connectivity index (χ0n) is 6.03. The highest BCUT2D eigenvalue weighted by atomic mass is 15.5. The first-order valence-electron chi connectivity index (χ1n) is 3.94. The SMILES string of the molecule is C1=CN2N=CCC2CCC1. The van der Waals surface area contributed by atoms with Crippen LogP contribution in [0.15, 0.2) is 17.4 Å². The molecule has 2 aliphatic rings. The fraction of sp³-hybridized carbons (Fsp3) is 0.625. The summed E-state index contributed by atoms with van der Waals surface area (Å²) in [5.41, 5.74) is 0. The van der Waals surface area contributed by atoms with Crippen LogP contribution in [0.5, 0.6) is 0 Å². The molecule has 0 aromatic rings. The monoisotopic (exact) mass is 136 g/mol. The molecule has 0 amide bonds. The molecule has 0 saturated carbocycles. The Kier molecular flexibility index (Phi) is 1.46. The van der Waals surface area contributed by atoms with Crippen LogP contribution >= 0.6 is 0 Å². The summed E-state index contributed by atoms with van der Waals surface area (Å²) in [5.74, 6) is 0. The van der Waals surface area contributed by atoms with E-state index in [-0.39, 0.29) is 0 Å². The molecule has 0 aliphatic carbocycles. The molecule has 2 aliphatic heterocycles. The van der Waals surface area contributed by atoms with Crippen molar-refractivity contribution in [2.24, 2.45) is 5.10 Å². The third kappa shape index (κ3) is 0.939. The number of fused-ring (bicyclic) bond motifs is 1. The molecule has 0 aromatic carbocycles. The Labute approximate surface area is 61.2 Å². The number of allylic oxidation sites excluding steroid dienone is 1. The van der Waals surface area contributed by atoms with Gasteiger partial charge in [-0.05, 0) is 19.3 Å². The van der Waals surface area contributed by atoms with Crippen LogP contribution in [0.3, 0.4) is 0 Å². The Morgan fingerprint density at radius 2 is 2.50 bits per heavy atom. The Morgan fingerprint density at radius 1 is 1.50 bits per heavy atom. The van der Waals surface area contributed by atoms with Gasteiger partial charge in [-0.1, -0.05) is 6.08 Å². The van der Waals surface area contributed by atoms with Gasteiger partial charge in [0.2, 0.25) is 0 Å². The standard InChI is InChI=1S/C8H12N2/c1-2-4-8-5-6-9-10(8)7-3-1/h3,6-8H,1-2,4-5H2. The van der Waals surface area contributed by atoms with Crippen molar-refractivity contribution in [2.45, 2.75) is 31.7 Å². The van der Waals surface area contributed by atoms with Crippen LogP contribution in [0.4, 0.5) is 0 Å². The highest BCUT2D eigenvalue weighted by Gasteiger charge is 2.18. The summed E-state index contributed by atoms with van der Waals surface area (Å²) in [6, 6.07) is 0.679. The lowest BCUT2D eigenvalue weighted by Crippen LogP contribution is -2.19. The van der Waals surface area contributed by atoms with Crippen molar-refractivity contribution in [1.29, 1.82) is 0 Å². The van der Waals surface area contributed by atoms with E-state index in [1.54, 1.807) is 0 Å². The van der Waals surface area contributed by atoms with Crippen LogP contribution < -0.4 is 0 Å². The molecular formula is C8H12N2. The normalized spacial score (nSPS) is 30.4. The van der Waals surface area contributed by atoms with Gasteiger partial charge in [0.15, 0.2) is 0 Å². The smallest absolute Gasteiger partial charge is 0.0569 e. The summed E-state index contributed by atoms with van der Waals surface area (Å²) in [6.45, 7) is 0. The molecular weight excluding hydrogens is 124 g/mol. The maximum Gasteiger partial charge on any atom is 0.0569 e. The van der Waals surface area contributed by atoms with Gasteiger partial charge in [-0.15, -0.1) is 0 Å². The van der Waals surface area contributed by atoms with E-state index in [1.165, 1.54) is 19.3 Å². The van der Waals surface area contributed by atoms with Crippen LogP contribution in [0, 0.1) is 0 Å². The number of nitrogens with zero attached hydrogens (tertiary/aromatic N) is 2. The molecule has 0 saturated heterocycles. The predicted octanol–water partition coefficient (Wildman–Crippen LogP) is 1.74. The first-order valence-corrected chi connectivity index (χ1v) is 3.94. The quantitative estimate of drug-likeness (QED) is 0.495. The van der Waals surface area contributed by atoms with Crippen LogP contribution in [0.1, 0.15) is 25.7 Å². The maximum atomic E-state index is 4.24. The van der Waals surface area contributed by atoms with Gasteiger partial charge in [0, 0.05) is 18.8 Å². The second-order valence-corrected chi connectivity index (χ2v) is 2.88. The molecule has 2 heteroatoms. The molecule has 0 fully saturated rings. The molecule has 0 bridgehead atoms. The third-order valence-corrected chi connectivity index (χ3v) is 2.13. The van der Waals surface area contributed by atoms with Gasteiger partial charge < -0.3 is 0 Å². The highest BCUT2D eigenvalue weighted by molar-refractivity contribution is 5.60. The molecule has 1 atom stereocenters. The van der Waals surface area contributed by atoms with Crippen LogP contribution in [0.25, 0.3) is 0 Å². The van der Waals surface area contributed by atoms with E-state index in [0.29, 0.717) is 6.04 Å². The van der Waals surface area contributed by atoms with Crippen LogP contribution in [-0.4, -0.2) is 17.3 Å². The van der Waals surface area contributed by atoms with E-state index >= 15 is 0 Å². The van der Waals surface area contributed by atoms with Crippen LogP contribution in [0.2, 0.25) is 0 Å². The van der Waals surface area contributed by atoms with E-state index in [9.17, 15) is 0 Å². The van der Waals surface area contributed by atoms with Gasteiger partial charge in [0.25, 0.3) is 0 Å². The summed E-state index contributed by atoms with van der Waals surface area (Å²) in [6.07, 6.45) is 11.3. The Bertz CT molecular complexity index is 172. The Balaban J connectivity index is 2.11. The average Bonchev–Trinajstić information content (AvgIpc) is 2.28. The molecule has 2 rings (SSSR count). The molecule has 54 valence electrons. The first kappa shape index (κ1) is 5.96. The maximum absolute atomic E-state index is 4.24. The van der Waals surface area contributed by atoms with E-state index in [2.05, 4.69) is 22.4 Å². The highest BCUT2D eigenvalue weighted by Crippen LogP contribution is 2.20. The van der Waals surface area contributed by atoms with Gasteiger partial charge in [-0.3, -0.25) is 5.01 Å². The largest absolute Gasteiger partial charge is 0.270 e. The lowest BCUT2D eigenvalue weighted by atomic mass is 10.1. The van der Waals surface area contributed by atoms with E-state index in [4.69, 9.17) is 0 Å². The minimum absolute atomic E-state index is 0.679. The van der Waals surface area contributed by atoms with Gasteiger partial charge in [-0.25, -0.2) is 0 Å². The molecule has 2 heterocycles. The van der Waals surface area contributed by atoms with Gasteiger partial charge >= 0.3 is 0 Å². The predicted molar refractivity (Wildman–Crippen MR) is 41.7 cm³/mol. The van der Waals surface area contributed by atoms with E-state index in [0.717, 1.165) is 6.42 Å². The van der Waals surface area contributed by atoms with Crippen molar-refractivity contribution >= 4 is 6.21 Å². The summed E-state index contributed by atoms with van der Waals surface area (Å²) in [4.78, 5) is 0. The molecule has 1 unspecified atom stereocenters. The molecule has 10 heavy (non-hydrogen) atoms. The van der Waals surface area contributed by atoms with Gasteiger partial charge in [0.05, 0.1) is 6.04 Å². The number of rotatable bonds is 0. The molecule has 0 spiro atoms. The second-order valence-electron chi connectivity index (χ2n) is 2.88. The molecule has 0 N–H and O–H groups in total. The summed E-state index contributed by atoms with van der Waals surface area (Å²) >= 11 is 0. The lowest BCUT2D eigenvalue weighted by Gasteiger charge is -2.16. The summed E-state index contributed by atoms with van der Waals surface area (Å²) < 4.78 is 0. The third-order valence-electron chi connectivity index (χ3n) is 2.13. The molecule has 0 radical (unpaired) electrons. The lowest BCUT2D eigenvalue weighted by molar-refractivity contribution is 0.310. The van der Waals surface area contributed by atoms with Crippen molar-refractivity contribution in [3.8, 4) is 0 Å². The van der Waals surface area contributed by atoms with E-state index < -0.39 is 0 Å². The van der Waals surface area contributed by atoms with E-state index in [1.807, 2.05) is 6.21 Å². The van der Waals surface area contributed by atoms with Crippen molar-refractivity contribution < 1.29 is 0 Å².